The first kappa shape index (κ1) is 15.0. The third-order valence-electron chi connectivity index (χ3n) is 3.02. The van der Waals surface area contributed by atoms with E-state index in [1.165, 1.54) is 11.3 Å². The van der Waals surface area contributed by atoms with Crippen LogP contribution in [0, 0.1) is 6.92 Å². The molecule has 0 aromatic heterocycles. The first-order valence-corrected chi connectivity index (χ1v) is 6.88. The number of rotatable bonds is 9. The van der Waals surface area contributed by atoms with Gasteiger partial charge in [-0.2, -0.15) is 0 Å². The van der Waals surface area contributed by atoms with Gasteiger partial charge in [0.05, 0.1) is 6.61 Å². The number of anilines is 1. The number of nitrogens with zero attached hydrogens (tertiary/aromatic N) is 1. The molecule has 1 rings (SSSR count). The molecule has 1 N–H and O–H groups in total. The van der Waals surface area contributed by atoms with Crippen molar-refractivity contribution in [2.24, 2.45) is 0 Å². The second-order valence-electron chi connectivity index (χ2n) is 4.31. The Morgan fingerprint density at radius 1 is 1.17 bits per heavy atom. The Morgan fingerprint density at radius 3 is 2.61 bits per heavy atom. The quantitative estimate of drug-likeness (QED) is 0.681. The van der Waals surface area contributed by atoms with Gasteiger partial charge in [0.1, 0.15) is 0 Å². The van der Waals surface area contributed by atoms with Crippen LogP contribution in [0.15, 0.2) is 24.3 Å². The lowest BCUT2D eigenvalue weighted by Gasteiger charge is -2.25. The van der Waals surface area contributed by atoms with E-state index < -0.39 is 0 Å². The Balaban J connectivity index is 2.32. The largest absolute Gasteiger partial charge is 0.380 e. The number of aryl methyl sites for hydroxylation is 1. The molecule has 0 aliphatic rings. The number of likely N-dealkylation sites (N-methyl/N-ethyl adjacent to an activating group) is 1. The van der Waals surface area contributed by atoms with Crippen molar-refractivity contribution in [3.63, 3.8) is 0 Å². The fraction of sp³-hybridized carbons (Fsp3) is 0.600. The van der Waals surface area contributed by atoms with E-state index in [2.05, 4.69) is 48.3 Å². The van der Waals surface area contributed by atoms with Gasteiger partial charge in [-0.25, -0.2) is 0 Å². The summed E-state index contributed by atoms with van der Waals surface area (Å²) in [4.78, 5) is 2.41. The fourth-order valence-electron chi connectivity index (χ4n) is 1.99. The van der Waals surface area contributed by atoms with E-state index in [-0.39, 0.29) is 0 Å². The minimum Gasteiger partial charge on any atom is -0.380 e. The van der Waals surface area contributed by atoms with Gasteiger partial charge in [-0.1, -0.05) is 18.2 Å². The van der Waals surface area contributed by atoms with Gasteiger partial charge < -0.3 is 15.0 Å². The molecule has 0 fully saturated rings. The Labute approximate surface area is 111 Å². The highest BCUT2D eigenvalue weighted by Crippen LogP contribution is 2.18. The predicted octanol–water partition coefficient (Wildman–Crippen LogP) is 2.45. The minimum absolute atomic E-state index is 0.798. The smallest absolute Gasteiger partial charge is 0.0590 e. The van der Waals surface area contributed by atoms with E-state index in [1.807, 2.05) is 6.92 Å². The molecule has 0 spiro atoms. The summed E-state index contributed by atoms with van der Waals surface area (Å²) in [7, 11) is 0. The number of ether oxygens (including phenoxy) is 1. The molecule has 0 radical (unpaired) electrons. The average molecular weight is 250 g/mol. The van der Waals surface area contributed by atoms with E-state index in [0.717, 1.165) is 39.4 Å². The molecule has 0 heterocycles. The van der Waals surface area contributed by atoms with Gasteiger partial charge in [-0.05, 0) is 32.4 Å². The van der Waals surface area contributed by atoms with Crippen LogP contribution in [0.4, 0.5) is 5.69 Å². The third-order valence-corrected chi connectivity index (χ3v) is 3.02. The highest BCUT2D eigenvalue weighted by molar-refractivity contribution is 5.52. The van der Waals surface area contributed by atoms with Crippen LogP contribution in [0.5, 0.6) is 0 Å². The summed E-state index contributed by atoms with van der Waals surface area (Å²) in [6.45, 7) is 12.0. The molecule has 0 aliphatic heterocycles. The van der Waals surface area contributed by atoms with Gasteiger partial charge >= 0.3 is 0 Å². The summed E-state index contributed by atoms with van der Waals surface area (Å²) in [6.07, 6.45) is 0. The normalized spacial score (nSPS) is 10.6. The summed E-state index contributed by atoms with van der Waals surface area (Å²) in [5.74, 6) is 0. The van der Waals surface area contributed by atoms with E-state index in [4.69, 9.17) is 4.74 Å². The molecular formula is C15H26N2O. The van der Waals surface area contributed by atoms with Gasteiger partial charge in [0.25, 0.3) is 0 Å². The molecule has 1 aromatic carbocycles. The number of nitrogens with one attached hydrogen (secondary N) is 1. The van der Waals surface area contributed by atoms with Crippen molar-refractivity contribution in [3.05, 3.63) is 29.8 Å². The standard InChI is InChI=1S/C15H26N2O/c1-4-17(12-10-16-11-13-18-5-2)15-9-7-6-8-14(15)3/h6-9,16H,4-5,10-13H2,1-3H3. The number of benzene rings is 1. The van der Waals surface area contributed by atoms with E-state index >= 15 is 0 Å². The van der Waals surface area contributed by atoms with E-state index in [1.54, 1.807) is 0 Å². The molecule has 102 valence electrons. The van der Waals surface area contributed by atoms with E-state index in [9.17, 15) is 0 Å². The lowest BCUT2D eigenvalue weighted by molar-refractivity contribution is 0.149. The lowest BCUT2D eigenvalue weighted by Crippen LogP contribution is -2.33. The van der Waals surface area contributed by atoms with Crippen molar-refractivity contribution in [2.75, 3.05) is 44.3 Å². The molecule has 0 unspecified atom stereocenters. The lowest BCUT2D eigenvalue weighted by atomic mass is 10.2. The Morgan fingerprint density at radius 2 is 1.94 bits per heavy atom. The molecule has 0 atom stereocenters. The van der Waals surface area contributed by atoms with Crippen molar-refractivity contribution in [2.45, 2.75) is 20.8 Å². The first-order chi connectivity index (χ1) is 8.79. The van der Waals surface area contributed by atoms with Gasteiger partial charge in [0.2, 0.25) is 0 Å². The Hall–Kier alpha value is -1.06. The highest BCUT2D eigenvalue weighted by Gasteiger charge is 2.05. The van der Waals surface area contributed by atoms with Crippen LogP contribution in [0.2, 0.25) is 0 Å². The minimum atomic E-state index is 0.798. The third kappa shape index (κ3) is 5.07. The molecule has 0 saturated heterocycles. The second kappa shape index (κ2) is 8.95. The van der Waals surface area contributed by atoms with Crippen LogP contribution in [0.1, 0.15) is 19.4 Å². The zero-order valence-corrected chi connectivity index (χ0v) is 11.9. The summed E-state index contributed by atoms with van der Waals surface area (Å²) in [5.41, 5.74) is 2.68. The number of para-hydroxylation sites is 1. The molecule has 18 heavy (non-hydrogen) atoms. The fourth-order valence-corrected chi connectivity index (χ4v) is 1.99. The van der Waals surface area contributed by atoms with Crippen LogP contribution >= 0.6 is 0 Å². The Bertz CT molecular complexity index is 328. The van der Waals surface area contributed by atoms with Crippen LogP contribution in [0.3, 0.4) is 0 Å². The first-order valence-electron chi connectivity index (χ1n) is 6.88. The van der Waals surface area contributed by atoms with Crippen LogP contribution in [0.25, 0.3) is 0 Å². The molecule has 0 bridgehead atoms. The van der Waals surface area contributed by atoms with Gasteiger partial charge in [0, 0.05) is 38.5 Å². The summed E-state index contributed by atoms with van der Waals surface area (Å²) in [5, 5.41) is 3.41. The number of hydrogen-bond acceptors (Lipinski definition) is 3. The molecule has 0 amide bonds. The van der Waals surface area contributed by atoms with Crippen LogP contribution < -0.4 is 10.2 Å². The van der Waals surface area contributed by atoms with Crippen molar-refractivity contribution < 1.29 is 4.74 Å². The van der Waals surface area contributed by atoms with Gasteiger partial charge in [-0.3, -0.25) is 0 Å². The SMILES string of the molecule is CCOCCNCCN(CC)c1ccccc1C. The molecule has 0 aliphatic carbocycles. The second-order valence-corrected chi connectivity index (χ2v) is 4.31. The highest BCUT2D eigenvalue weighted by atomic mass is 16.5. The molecule has 3 heteroatoms. The van der Waals surface area contributed by atoms with Crippen LogP contribution in [-0.4, -0.2) is 39.4 Å². The molecule has 0 saturated carbocycles. The van der Waals surface area contributed by atoms with E-state index in [0.29, 0.717) is 0 Å². The maximum atomic E-state index is 5.29. The van der Waals surface area contributed by atoms with Crippen molar-refractivity contribution in [1.29, 1.82) is 0 Å². The zero-order valence-electron chi connectivity index (χ0n) is 11.9. The topological polar surface area (TPSA) is 24.5 Å². The van der Waals surface area contributed by atoms with Crippen molar-refractivity contribution in [1.82, 2.24) is 5.32 Å². The monoisotopic (exact) mass is 250 g/mol. The number of hydrogen-bond donors (Lipinski definition) is 1. The molecular weight excluding hydrogens is 224 g/mol. The maximum Gasteiger partial charge on any atom is 0.0590 e. The average Bonchev–Trinajstić information content (AvgIpc) is 2.39. The Kier molecular flexibility index (Phi) is 7.46. The summed E-state index contributed by atoms with van der Waals surface area (Å²) >= 11 is 0. The summed E-state index contributed by atoms with van der Waals surface area (Å²) in [6, 6.07) is 8.56. The van der Waals surface area contributed by atoms with Crippen LogP contribution in [-0.2, 0) is 4.74 Å². The zero-order chi connectivity index (χ0) is 13.2. The molecule has 1 aromatic rings. The maximum absolute atomic E-state index is 5.29. The van der Waals surface area contributed by atoms with Crippen molar-refractivity contribution in [3.8, 4) is 0 Å². The van der Waals surface area contributed by atoms with Crippen molar-refractivity contribution >= 4 is 5.69 Å². The summed E-state index contributed by atoms with van der Waals surface area (Å²) < 4.78 is 5.29. The molecule has 3 nitrogen and oxygen atoms in total. The van der Waals surface area contributed by atoms with Gasteiger partial charge in [0.15, 0.2) is 0 Å². The van der Waals surface area contributed by atoms with Gasteiger partial charge in [-0.15, -0.1) is 0 Å². The predicted molar refractivity (Wildman–Crippen MR) is 78.4 cm³/mol.